The van der Waals surface area contributed by atoms with Gasteiger partial charge in [0.2, 0.25) is 0 Å². The molecule has 1 aromatic rings. The Kier molecular flexibility index (Phi) is 6.45. The van der Waals surface area contributed by atoms with Gasteiger partial charge in [-0.25, -0.2) is 4.39 Å². The molecule has 0 radical (unpaired) electrons. The third-order valence-corrected chi connectivity index (χ3v) is 3.83. The molecule has 0 bridgehead atoms. The zero-order chi connectivity index (χ0) is 15.1. The molecule has 0 spiro atoms. The van der Waals surface area contributed by atoms with Crippen molar-refractivity contribution in [2.45, 2.75) is 46.2 Å². The van der Waals surface area contributed by atoms with Gasteiger partial charge in [-0.2, -0.15) is 0 Å². The summed E-state index contributed by atoms with van der Waals surface area (Å²) in [5.74, 6) is 0.127. The van der Waals surface area contributed by atoms with Gasteiger partial charge in [-0.15, -0.1) is 0 Å². The van der Waals surface area contributed by atoms with Gasteiger partial charge in [0.05, 0.1) is 0 Å². The lowest BCUT2D eigenvalue weighted by atomic mass is 9.95. The zero-order valence-electron chi connectivity index (χ0n) is 12.4. The van der Waals surface area contributed by atoms with Crippen LogP contribution in [0.1, 0.15) is 44.7 Å². The molecule has 0 amide bonds. The highest BCUT2D eigenvalue weighted by molar-refractivity contribution is 5.98. The number of benzene rings is 1. The Balaban J connectivity index is 2.82. The van der Waals surface area contributed by atoms with E-state index < -0.39 is 5.82 Å². The van der Waals surface area contributed by atoms with E-state index in [0.717, 1.165) is 18.4 Å². The average Bonchev–Trinajstić information content (AvgIpc) is 2.46. The molecule has 1 rings (SSSR count). The second-order valence-corrected chi connectivity index (χ2v) is 5.03. The first kappa shape index (κ1) is 16.4. The van der Waals surface area contributed by atoms with Crippen molar-refractivity contribution in [3.63, 3.8) is 0 Å². The number of halogens is 1. The van der Waals surface area contributed by atoms with Crippen LogP contribution in [0.4, 0.5) is 4.39 Å². The van der Waals surface area contributed by atoms with E-state index in [1.165, 1.54) is 12.1 Å². The first-order valence-corrected chi connectivity index (χ1v) is 7.03. The van der Waals surface area contributed by atoms with Crippen molar-refractivity contribution in [3.05, 3.63) is 35.1 Å². The lowest BCUT2D eigenvalue weighted by Gasteiger charge is -2.23. The standard InChI is InChI=1S/C15H24FN3O/c1-4-11(5-2)10(3)18-9-12-6-7-13(16)8-14(12)15(17)19-20/h6-8,10-11,18,20H,4-5,9H2,1-3H3,(H2,17,19). The molecule has 0 fully saturated rings. The van der Waals surface area contributed by atoms with E-state index in [0.29, 0.717) is 24.1 Å². The molecule has 1 atom stereocenters. The fourth-order valence-electron chi connectivity index (χ4n) is 2.43. The van der Waals surface area contributed by atoms with Crippen LogP contribution in [0.25, 0.3) is 0 Å². The maximum atomic E-state index is 13.3. The van der Waals surface area contributed by atoms with Crippen LogP contribution in [-0.2, 0) is 6.54 Å². The number of rotatable bonds is 7. The Morgan fingerprint density at radius 1 is 1.40 bits per heavy atom. The number of nitrogens with one attached hydrogen (secondary N) is 1. The van der Waals surface area contributed by atoms with Crippen LogP contribution in [-0.4, -0.2) is 17.1 Å². The Labute approximate surface area is 119 Å². The molecule has 0 aliphatic heterocycles. The van der Waals surface area contributed by atoms with Gasteiger partial charge in [-0.1, -0.05) is 37.9 Å². The molecule has 4 N–H and O–H groups in total. The van der Waals surface area contributed by atoms with Crippen molar-refractivity contribution in [2.75, 3.05) is 0 Å². The van der Waals surface area contributed by atoms with E-state index in [1.807, 2.05) is 0 Å². The van der Waals surface area contributed by atoms with Crippen molar-refractivity contribution in [1.29, 1.82) is 0 Å². The smallest absolute Gasteiger partial charge is 0.170 e. The molecule has 1 unspecified atom stereocenters. The summed E-state index contributed by atoms with van der Waals surface area (Å²) in [6.45, 7) is 7.05. The Hall–Kier alpha value is -1.62. The van der Waals surface area contributed by atoms with Gasteiger partial charge >= 0.3 is 0 Å². The highest BCUT2D eigenvalue weighted by Crippen LogP contribution is 2.15. The van der Waals surface area contributed by atoms with Gasteiger partial charge < -0.3 is 16.3 Å². The van der Waals surface area contributed by atoms with Gasteiger partial charge in [-0.05, 0) is 30.5 Å². The Morgan fingerprint density at radius 3 is 2.60 bits per heavy atom. The highest BCUT2D eigenvalue weighted by atomic mass is 19.1. The largest absolute Gasteiger partial charge is 0.409 e. The van der Waals surface area contributed by atoms with Crippen LogP contribution >= 0.6 is 0 Å². The molecule has 0 aliphatic carbocycles. The molecule has 0 aromatic heterocycles. The van der Waals surface area contributed by atoms with E-state index in [9.17, 15) is 4.39 Å². The van der Waals surface area contributed by atoms with E-state index in [4.69, 9.17) is 10.9 Å². The van der Waals surface area contributed by atoms with Crippen molar-refractivity contribution >= 4 is 5.84 Å². The summed E-state index contributed by atoms with van der Waals surface area (Å²) < 4.78 is 13.3. The summed E-state index contributed by atoms with van der Waals surface area (Å²) in [5.41, 5.74) is 6.83. The number of oxime groups is 1. The third-order valence-electron chi connectivity index (χ3n) is 3.83. The van der Waals surface area contributed by atoms with Crippen LogP contribution in [0.5, 0.6) is 0 Å². The number of nitrogens with zero attached hydrogens (tertiary/aromatic N) is 1. The quantitative estimate of drug-likeness (QED) is 0.311. The highest BCUT2D eigenvalue weighted by Gasteiger charge is 2.14. The molecular weight excluding hydrogens is 257 g/mol. The first-order valence-electron chi connectivity index (χ1n) is 7.03. The summed E-state index contributed by atoms with van der Waals surface area (Å²) in [6, 6.07) is 4.69. The fraction of sp³-hybridized carbons (Fsp3) is 0.533. The van der Waals surface area contributed by atoms with Gasteiger partial charge in [-0.3, -0.25) is 0 Å². The topological polar surface area (TPSA) is 70.6 Å². The lowest BCUT2D eigenvalue weighted by Crippen LogP contribution is -2.33. The van der Waals surface area contributed by atoms with Crippen LogP contribution in [0, 0.1) is 11.7 Å². The maximum absolute atomic E-state index is 13.3. The normalized spacial score (nSPS) is 13.8. The summed E-state index contributed by atoms with van der Waals surface area (Å²) in [7, 11) is 0. The molecular formula is C15H24FN3O. The summed E-state index contributed by atoms with van der Waals surface area (Å²) >= 11 is 0. The number of hydrogen-bond acceptors (Lipinski definition) is 3. The minimum absolute atomic E-state index is 0.0727. The first-order chi connectivity index (χ1) is 9.53. The van der Waals surface area contributed by atoms with Gasteiger partial charge in [0.25, 0.3) is 0 Å². The molecule has 4 nitrogen and oxygen atoms in total. The summed E-state index contributed by atoms with van der Waals surface area (Å²) in [5, 5.41) is 15.1. The molecule has 5 heteroatoms. The number of nitrogens with two attached hydrogens (primary N) is 1. The van der Waals surface area contributed by atoms with Gasteiger partial charge in [0, 0.05) is 18.2 Å². The average molecular weight is 281 g/mol. The Bertz CT molecular complexity index is 458. The predicted molar refractivity (Wildman–Crippen MR) is 79.3 cm³/mol. The van der Waals surface area contributed by atoms with Crippen molar-refractivity contribution < 1.29 is 9.60 Å². The maximum Gasteiger partial charge on any atom is 0.170 e. The Morgan fingerprint density at radius 2 is 2.05 bits per heavy atom. The fourth-order valence-corrected chi connectivity index (χ4v) is 2.43. The number of hydrogen-bond donors (Lipinski definition) is 3. The molecule has 112 valence electrons. The number of amidine groups is 1. The third kappa shape index (κ3) is 4.20. The molecule has 0 saturated carbocycles. The summed E-state index contributed by atoms with van der Waals surface area (Å²) in [6.07, 6.45) is 2.22. The molecule has 1 aromatic carbocycles. The second-order valence-electron chi connectivity index (χ2n) is 5.03. The van der Waals surface area contributed by atoms with Crippen LogP contribution < -0.4 is 11.1 Å². The van der Waals surface area contributed by atoms with Crippen molar-refractivity contribution in [2.24, 2.45) is 16.8 Å². The molecule has 20 heavy (non-hydrogen) atoms. The van der Waals surface area contributed by atoms with E-state index in [2.05, 4.69) is 31.2 Å². The molecule has 0 aliphatic rings. The van der Waals surface area contributed by atoms with Crippen LogP contribution in [0.15, 0.2) is 23.4 Å². The lowest BCUT2D eigenvalue weighted by molar-refractivity contribution is 0.318. The van der Waals surface area contributed by atoms with Crippen LogP contribution in [0.3, 0.4) is 0 Å². The van der Waals surface area contributed by atoms with Crippen LogP contribution in [0.2, 0.25) is 0 Å². The minimum Gasteiger partial charge on any atom is -0.409 e. The molecule has 0 saturated heterocycles. The predicted octanol–water partition coefficient (Wildman–Crippen LogP) is 2.83. The zero-order valence-corrected chi connectivity index (χ0v) is 12.4. The molecule has 0 heterocycles. The van der Waals surface area contributed by atoms with E-state index in [1.54, 1.807) is 6.07 Å². The van der Waals surface area contributed by atoms with Gasteiger partial charge in [0.1, 0.15) is 5.82 Å². The van der Waals surface area contributed by atoms with Crippen molar-refractivity contribution in [3.8, 4) is 0 Å². The van der Waals surface area contributed by atoms with E-state index >= 15 is 0 Å². The minimum atomic E-state index is -0.400. The SMILES string of the molecule is CCC(CC)C(C)NCc1ccc(F)cc1C(N)=NO. The summed E-state index contributed by atoms with van der Waals surface area (Å²) in [4.78, 5) is 0. The van der Waals surface area contributed by atoms with Gasteiger partial charge in [0.15, 0.2) is 5.84 Å². The van der Waals surface area contributed by atoms with E-state index in [-0.39, 0.29) is 5.84 Å². The van der Waals surface area contributed by atoms with Crippen molar-refractivity contribution in [1.82, 2.24) is 5.32 Å². The monoisotopic (exact) mass is 281 g/mol. The second kappa shape index (κ2) is 7.85.